The number of nitrogens with one attached hydrogen (secondary N) is 1. The number of aryl methyl sites for hydroxylation is 1. The lowest BCUT2D eigenvalue weighted by Crippen LogP contribution is -2.06. The number of benzene rings is 1. The number of H-pyrrole nitrogens is 1. The van der Waals surface area contributed by atoms with E-state index in [1.807, 2.05) is 19.1 Å². The molecule has 76 valence electrons. The molecule has 0 bridgehead atoms. The van der Waals surface area contributed by atoms with Crippen LogP contribution in [0.1, 0.15) is 5.56 Å². The summed E-state index contributed by atoms with van der Waals surface area (Å²) in [4.78, 5) is 14.2. The van der Waals surface area contributed by atoms with Crippen LogP contribution in [-0.2, 0) is 0 Å². The zero-order chi connectivity index (χ0) is 10.8. The molecule has 1 aromatic heterocycles. The van der Waals surface area contributed by atoms with Crippen molar-refractivity contribution in [3.05, 3.63) is 57.5 Å². The second kappa shape index (κ2) is 3.91. The molecule has 1 heterocycles. The lowest BCUT2D eigenvalue weighted by molar-refractivity contribution is 1.24. The van der Waals surface area contributed by atoms with Gasteiger partial charge in [0, 0.05) is 16.8 Å². The highest BCUT2D eigenvalue weighted by molar-refractivity contribution is 6.31. The molecule has 0 saturated heterocycles. The average molecular weight is 220 g/mol. The van der Waals surface area contributed by atoms with Crippen LogP contribution in [-0.4, -0.2) is 4.98 Å². The van der Waals surface area contributed by atoms with Crippen molar-refractivity contribution in [1.29, 1.82) is 0 Å². The van der Waals surface area contributed by atoms with Gasteiger partial charge < -0.3 is 4.98 Å². The van der Waals surface area contributed by atoms with Gasteiger partial charge >= 0.3 is 0 Å². The summed E-state index contributed by atoms with van der Waals surface area (Å²) in [7, 11) is 0. The van der Waals surface area contributed by atoms with Crippen LogP contribution in [0, 0.1) is 6.92 Å². The van der Waals surface area contributed by atoms with Gasteiger partial charge in [0.1, 0.15) is 0 Å². The summed E-state index contributed by atoms with van der Waals surface area (Å²) in [6, 6.07) is 9.16. The van der Waals surface area contributed by atoms with Crippen molar-refractivity contribution in [2.45, 2.75) is 6.92 Å². The molecule has 2 nitrogen and oxygen atoms in total. The lowest BCUT2D eigenvalue weighted by atomic mass is 10.1. The van der Waals surface area contributed by atoms with E-state index in [0.29, 0.717) is 10.6 Å². The average Bonchev–Trinajstić information content (AvgIpc) is 2.23. The Morgan fingerprint density at radius 1 is 1.27 bits per heavy atom. The van der Waals surface area contributed by atoms with E-state index in [2.05, 4.69) is 4.98 Å². The van der Waals surface area contributed by atoms with Crippen LogP contribution in [0.2, 0.25) is 5.02 Å². The van der Waals surface area contributed by atoms with E-state index in [-0.39, 0.29) is 5.56 Å². The molecular formula is C12H10ClNO. The number of hydrogen-bond acceptors (Lipinski definition) is 1. The third-order valence-corrected chi connectivity index (χ3v) is 2.71. The maximum Gasteiger partial charge on any atom is 0.255 e. The summed E-state index contributed by atoms with van der Waals surface area (Å²) < 4.78 is 0. The Labute approximate surface area is 92.5 Å². The zero-order valence-electron chi connectivity index (χ0n) is 8.25. The molecule has 15 heavy (non-hydrogen) atoms. The van der Waals surface area contributed by atoms with Gasteiger partial charge in [0.25, 0.3) is 5.56 Å². The molecule has 0 aliphatic carbocycles. The molecule has 2 aromatic rings. The van der Waals surface area contributed by atoms with Crippen molar-refractivity contribution in [3.63, 3.8) is 0 Å². The van der Waals surface area contributed by atoms with E-state index in [0.717, 1.165) is 11.1 Å². The normalized spacial score (nSPS) is 10.3. The predicted molar refractivity (Wildman–Crippen MR) is 62.2 cm³/mol. The number of pyridine rings is 1. The summed E-state index contributed by atoms with van der Waals surface area (Å²) in [5.74, 6) is 0. The minimum atomic E-state index is -0.0841. The van der Waals surface area contributed by atoms with Crippen LogP contribution in [0.5, 0.6) is 0 Å². The molecular weight excluding hydrogens is 210 g/mol. The fraction of sp³-hybridized carbons (Fsp3) is 0.0833. The van der Waals surface area contributed by atoms with E-state index in [4.69, 9.17) is 11.6 Å². The van der Waals surface area contributed by atoms with Crippen LogP contribution in [0.15, 0.2) is 41.3 Å². The van der Waals surface area contributed by atoms with Crippen LogP contribution >= 0.6 is 11.6 Å². The van der Waals surface area contributed by atoms with Crippen LogP contribution in [0.25, 0.3) is 11.1 Å². The summed E-state index contributed by atoms with van der Waals surface area (Å²) >= 11 is 5.92. The first-order valence-electron chi connectivity index (χ1n) is 4.63. The second-order valence-electron chi connectivity index (χ2n) is 3.38. The standard InChI is InChI=1S/C12H10ClNO/c1-8-7-9(4-5-11(8)13)10-3-2-6-14-12(10)15/h2-7H,1H3,(H,14,15). The Morgan fingerprint density at radius 2 is 2.07 bits per heavy atom. The van der Waals surface area contributed by atoms with E-state index in [9.17, 15) is 4.79 Å². The van der Waals surface area contributed by atoms with Crippen LogP contribution in [0.3, 0.4) is 0 Å². The van der Waals surface area contributed by atoms with E-state index >= 15 is 0 Å². The monoisotopic (exact) mass is 219 g/mol. The fourth-order valence-corrected chi connectivity index (χ4v) is 1.58. The number of hydrogen-bond donors (Lipinski definition) is 1. The van der Waals surface area contributed by atoms with Crippen molar-refractivity contribution < 1.29 is 0 Å². The minimum absolute atomic E-state index is 0.0841. The number of halogens is 1. The number of aromatic amines is 1. The minimum Gasteiger partial charge on any atom is -0.329 e. The van der Waals surface area contributed by atoms with Gasteiger partial charge in [-0.15, -0.1) is 0 Å². The molecule has 0 fully saturated rings. The molecule has 0 saturated carbocycles. The SMILES string of the molecule is Cc1cc(-c2ccc[nH]c2=O)ccc1Cl. The van der Waals surface area contributed by atoms with E-state index < -0.39 is 0 Å². The number of rotatable bonds is 1. The predicted octanol–water partition coefficient (Wildman–Crippen LogP) is 3.00. The quantitative estimate of drug-likeness (QED) is 0.786. The first kappa shape index (κ1) is 9.99. The van der Waals surface area contributed by atoms with Gasteiger partial charge in [-0.3, -0.25) is 4.79 Å². The Hall–Kier alpha value is -1.54. The fourth-order valence-electron chi connectivity index (χ4n) is 1.46. The summed E-state index contributed by atoms with van der Waals surface area (Å²) in [5, 5.41) is 0.714. The van der Waals surface area contributed by atoms with Crippen molar-refractivity contribution >= 4 is 11.6 Å². The Bertz CT molecular complexity index is 545. The first-order valence-corrected chi connectivity index (χ1v) is 5.00. The van der Waals surface area contributed by atoms with Gasteiger partial charge in [-0.05, 0) is 42.3 Å². The molecule has 1 aromatic carbocycles. The van der Waals surface area contributed by atoms with Gasteiger partial charge in [0.2, 0.25) is 0 Å². The Balaban J connectivity index is 2.60. The highest BCUT2D eigenvalue weighted by Gasteiger charge is 2.03. The highest BCUT2D eigenvalue weighted by Crippen LogP contribution is 2.21. The van der Waals surface area contributed by atoms with E-state index in [1.165, 1.54) is 0 Å². The van der Waals surface area contributed by atoms with Gasteiger partial charge in [-0.1, -0.05) is 17.7 Å². The number of aromatic nitrogens is 1. The Kier molecular flexibility index (Phi) is 2.60. The second-order valence-corrected chi connectivity index (χ2v) is 3.78. The van der Waals surface area contributed by atoms with Crippen molar-refractivity contribution in [2.75, 3.05) is 0 Å². The maximum absolute atomic E-state index is 11.5. The highest BCUT2D eigenvalue weighted by atomic mass is 35.5. The molecule has 0 atom stereocenters. The van der Waals surface area contributed by atoms with Gasteiger partial charge in [-0.25, -0.2) is 0 Å². The lowest BCUT2D eigenvalue weighted by Gasteiger charge is -2.02. The largest absolute Gasteiger partial charge is 0.329 e. The summed E-state index contributed by atoms with van der Waals surface area (Å²) in [5.41, 5.74) is 2.44. The van der Waals surface area contributed by atoms with Crippen LogP contribution < -0.4 is 5.56 Å². The van der Waals surface area contributed by atoms with Crippen LogP contribution in [0.4, 0.5) is 0 Å². The molecule has 0 spiro atoms. The molecule has 0 amide bonds. The van der Waals surface area contributed by atoms with Gasteiger partial charge in [0.05, 0.1) is 0 Å². The third kappa shape index (κ3) is 1.95. The summed E-state index contributed by atoms with van der Waals surface area (Å²) in [6.45, 7) is 1.92. The van der Waals surface area contributed by atoms with Crippen molar-refractivity contribution in [1.82, 2.24) is 4.98 Å². The topological polar surface area (TPSA) is 32.9 Å². The smallest absolute Gasteiger partial charge is 0.255 e. The third-order valence-electron chi connectivity index (χ3n) is 2.29. The van der Waals surface area contributed by atoms with Crippen molar-refractivity contribution in [2.24, 2.45) is 0 Å². The zero-order valence-corrected chi connectivity index (χ0v) is 9.01. The molecule has 0 aliphatic heterocycles. The van der Waals surface area contributed by atoms with Crippen molar-refractivity contribution in [3.8, 4) is 11.1 Å². The molecule has 0 unspecified atom stereocenters. The molecule has 1 N–H and O–H groups in total. The molecule has 3 heteroatoms. The summed E-state index contributed by atoms with van der Waals surface area (Å²) in [6.07, 6.45) is 1.62. The molecule has 0 radical (unpaired) electrons. The van der Waals surface area contributed by atoms with Gasteiger partial charge in [0.15, 0.2) is 0 Å². The van der Waals surface area contributed by atoms with Gasteiger partial charge in [-0.2, -0.15) is 0 Å². The van der Waals surface area contributed by atoms with E-state index in [1.54, 1.807) is 24.4 Å². The Morgan fingerprint density at radius 3 is 2.73 bits per heavy atom. The first-order chi connectivity index (χ1) is 7.18. The molecule has 0 aliphatic rings. The molecule has 2 rings (SSSR count). The maximum atomic E-state index is 11.5.